The van der Waals surface area contributed by atoms with E-state index in [4.69, 9.17) is 0 Å². The van der Waals surface area contributed by atoms with Crippen LogP contribution in [0.5, 0.6) is 0 Å². The summed E-state index contributed by atoms with van der Waals surface area (Å²) in [5.41, 5.74) is 1.46. The monoisotopic (exact) mass is 337 g/mol. The molecule has 0 spiro atoms. The fraction of sp³-hybridized carbons (Fsp3) is 0.588. The number of hydrogen-bond acceptors (Lipinski definition) is 3. The topological polar surface area (TPSA) is 70.6 Å². The molecule has 5 nitrogen and oxygen atoms in total. The molecule has 23 heavy (non-hydrogen) atoms. The molecule has 1 saturated carbocycles. The third-order valence-electron chi connectivity index (χ3n) is 4.83. The molecule has 1 aromatic carbocycles. The van der Waals surface area contributed by atoms with Crippen LogP contribution in [-0.4, -0.2) is 34.2 Å². The minimum atomic E-state index is -3.14. The summed E-state index contributed by atoms with van der Waals surface area (Å²) in [4.78, 5) is 4.60. The van der Waals surface area contributed by atoms with Gasteiger partial charge < -0.3 is 10.6 Å². The second kappa shape index (κ2) is 7.34. The molecule has 0 aromatic heterocycles. The number of sulfone groups is 1. The fourth-order valence-corrected chi connectivity index (χ4v) is 3.49. The smallest absolute Gasteiger partial charge is 0.191 e. The lowest BCUT2D eigenvalue weighted by atomic mass is 9.67. The summed E-state index contributed by atoms with van der Waals surface area (Å²) in [6.07, 6.45) is 6.33. The lowest BCUT2D eigenvalue weighted by Crippen LogP contribution is -2.46. The van der Waals surface area contributed by atoms with Crippen molar-refractivity contribution < 1.29 is 8.42 Å². The lowest BCUT2D eigenvalue weighted by molar-refractivity contribution is 0.131. The molecule has 0 radical (unpaired) electrons. The van der Waals surface area contributed by atoms with Gasteiger partial charge in [-0.05, 0) is 42.4 Å². The van der Waals surface area contributed by atoms with Gasteiger partial charge in [0.1, 0.15) is 0 Å². The van der Waals surface area contributed by atoms with E-state index >= 15 is 0 Å². The molecule has 0 bridgehead atoms. The Bertz CT molecular complexity index is 641. The van der Waals surface area contributed by atoms with Crippen LogP contribution in [0.25, 0.3) is 0 Å². The lowest BCUT2D eigenvalue weighted by Gasteiger charge is -2.41. The minimum Gasteiger partial charge on any atom is -0.356 e. The Hall–Kier alpha value is -1.56. The summed E-state index contributed by atoms with van der Waals surface area (Å²) in [6, 6.07) is 6.94. The summed E-state index contributed by atoms with van der Waals surface area (Å²) < 4.78 is 22.9. The van der Waals surface area contributed by atoms with Gasteiger partial charge in [-0.2, -0.15) is 0 Å². The van der Waals surface area contributed by atoms with Gasteiger partial charge in [-0.15, -0.1) is 0 Å². The first kappa shape index (κ1) is 17.8. The molecular formula is C17H27N3O2S. The number of nitrogens with zero attached hydrogens (tertiary/aromatic N) is 1. The second-order valence-electron chi connectivity index (χ2n) is 6.40. The van der Waals surface area contributed by atoms with E-state index in [1.165, 1.54) is 31.9 Å². The van der Waals surface area contributed by atoms with Crippen LogP contribution < -0.4 is 10.6 Å². The Morgan fingerprint density at radius 2 is 1.87 bits per heavy atom. The molecule has 0 amide bonds. The van der Waals surface area contributed by atoms with E-state index in [0.29, 0.717) is 16.9 Å². The summed E-state index contributed by atoms with van der Waals surface area (Å²) in [5.74, 6) is 0.789. The van der Waals surface area contributed by atoms with Crippen molar-refractivity contribution in [3.05, 3.63) is 29.8 Å². The Labute approximate surface area is 139 Å². The van der Waals surface area contributed by atoms with Crippen LogP contribution in [0.1, 0.15) is 38.2 Å². The number of rotatable bonds is 6. The van der Waals surface area contributed by atoms with E-state index in [-0.39, 0.29) is 0 Å². The predicted octanol–water partition coefficient (Wildman–Crippen LogP) is 2.34. The zero-order valence-corrected chi connectivity index (χ0v) is 15.0. The molecule has 6 heteroatoms. The van der Waals surface area contributed by atoms with Gasteiger partial charge in [-0.3, -0.25) is 4.99 Å². The Balaban J connectivity index is 1.86. The highest BCUT2D eigenvalue weighted by molar-refractivity contribution is 7.90. The van der Waals surface area contributed by atoms with E-state index in [1.807, 2.05) is 12.1 Å². The zero-order chi connectivity index (χ0) is 16.9. The van der Waals surface area contributed by atoms with E-state index < -0.39 is 9.84 Å². The van der Waals surface area contributed by atoms with Crippen molar-refractivity contribution in [1.29, 1.82) is 0 Å². The third kappa shape index (κ3) is 4.70. The third-order valence-corrected chi connectivity index (χ3v) is 5.96. The minimum absolute atomic E-state index is 0.346. The molecule has 2 N–H and O–H groups in total. The quantitative estimate of drug-likeness (QED) is 0.617. The molecule has 0 unspecified atom stereocenters. The standard InChI is InChI=1S/C17H27N3O2S/c1-4-17(10-5-11-17)13-20-16(18-2)19-12-14-6-8-15(9-7-14)23(3,21)22/h6-9H,4-5,10-13H2,1-3H3,(H2,18,19,20). The molecule has 1 fully saturated rings. The van der Waals surface area contributed by atoms with Gasteiger partial charge >= 0.3 is 0 Å². The van der Waals surface area contributed by atoms with Gasteiger partial charge in [0.2, 0.25) is 0 Å². The first-order valence-corrected chi connectivity index (χ1v) is 10.0. The number of nitrogens with one attached hydrogen (secondary N) is 2. The van der Waals surface area contributed by atoms with Crippen LogP contribution >= 0.6 is 0 Å². The highest BCUT2D eigenvalue weighted by atomic mass is 32.2. The van der Waals surface area contributed by atoms with Gasteiger partial charge in [-0.1, -0.05) is 25.5 Å². The first-order chi connectivity index (χ1) is 10.9. The molecule has 1 aliphatic carbocycles. The van der Waals surface area contributed by atoms with Gasteiger partial charge in [0, 0.05) is 26.4 Å². The van der Waals surface area contributed by atoms with E-state index in [2.05, 4.69) is 22.5 Å². The Morgan fingerprint density at radius 1 is 1.22 bits per heavy atom. The van der Waals surface area contributed by atoms with Crippen LogP contribution in [0.3, 0.4) is 0 Å². The van der Waals surface area contributed by atoms with E-state index in [0.717, 1.165) is 18.1 Å². The summed E-state index contributed by atoms with van der Waals surface area (Å²) >= 11 is 0. The fourth-order valence-electron chi connectivity index (χ4n) is 2.86. The molecule has 1 aromatic rings. The van der Waals surface area contributed by atoms with Crippen molar-refractivity contribution in [3.8, 4) is 0 Å². The average Bonchev–Trinajstić information content (AvgIpc) is 2.49. The zero-order valence-electron chi connectivity index (χ0n) is 14.2. The number of hydrogen-bond donors (Lipinski definition) is 2. The van der Waals surface area contributed by atoms with Crippen molar-refractivity contribution >= 4 is 15.8 Å². The van der Waals surface area contributed by atoms with Crippen molar-refractivity contribution in [3.63, 3.8) is 0 Å². The van der Waals surface area contributed by atoms with Crippen LogP contribution in [0.2, 0.25) is 0 Å². The summed E-state index contributed by atoms with van der Waals surface area (Å²) in [7, 11) is -1.37. The average molecular weight is 337 g/mol. The van der Waals surface area contributed by atoms with Crippen molar-refractivity contribution in [2.24, 2.45) is 10.4 Å². The Morgan fingerprint density at radius 3 is 2.30 bits per heavy atom. The van der Waals surface area contributed by atoms with E-state index in [1.54, 1.807) is 19.2 Å². The van der Waals surface area contributed by atoms with Crippen LogP contribution in [-0.2, 0) is 16.4 Å². The molecule has 0 saturated heterocycles. The number of benzene rings is 1. The molecule has 0 heterocycles. The molecular weight excluding hydrogens is 310 g/mol. The number of guanidine groups is 1. The SMILES string of the molecule is CCC1(CNC(=NC)NCc2ccc(S(C)(=O)=O)cc2)CCC1. The maximum atomic E-state index is 11.5. The summed E-state index contributed by atoms with van der Waals surface area (Å²) in [5, 5.41) is 6.69. The second-order valence-corrected chi connectivity index (χ2v) is 8.42. The molecule has 2 rings (SSSR count). The maximum absolute atomic E-state index is 11.5. The largest absolute Gasteiger partial charge is 0.356 e. The van der Waals surface area contributed by atoms with Crippen LogP contribution in [0.15, 0.2) is 34.2 Å². The van der Waals surface area contributed by atoms with Gasteiger partial charge in [0.05, 0.1) is 4.90 Å². The van der Waals surface area contributed by atoms with Gasteiger partial charge in [0.25, 0.3) is 0 Å². The van der Waals surface area contributed by atoms with Crippen molar-refractivity contribution in [1.82, 2.24) is 10.6 Å². The molecule has 0 aliphatic heterocycles. The predicted molar refractivity (Wildman–Crippen MR) is 94.3 cm³/mol. The highest BCUT2D eigenvalue weighted by Crippen LogP contribution is 2.42. The maximum Gasteiger partial charge on any atom is 0.191 e. The van der Waals surface area contributed by atoms with Crippen molar-refractivity contribution in [2.75, 3.05) is 19.8 Å². The highest BCUT2D eigenvalue weighted by Gasteiger charge is 2.34. The number of aliphatic imine (C=N–C) groups is 1. The Kier molecular flexibility index (Phi) is 5.68. The first-order valence-electron chi connectivity index (χ1n) is 8.12. The summed E-state index contributed by atoms with van der Waals surface area (Å²) in [6.45, 7) is 3.82. The molecule has 1 aliphatic rings. The van der Waals surface area contributed by atoms with Crippen molar-refractivity contribution in [2.45, 2.75) is 44.0 Å². The van der Waals surface area contributed by atoms with Gasteiger partial charge in [-0.25, -0.2) is 8.42 Å². The van der Waals surface area contributed by atoms with Gasteiger partial charge in [0.15, 0.2) is 15.8 Å². The normalized spacial score (nSPS) is 17.4. The molecule has 128 valence electrons. The molecule has 0 atom stereocenters. The van der Waals surface area contributed by atoms with E-state index in [9.17, 15) is 8.42 Å². The van der Waals surface area contributed by atoms with Crippen LogP contribution in [0.4, 0.5) is 0 Å². The van der Waals surface area contributed by atoms with Crippen LogP contribution in [0, 0.1) is 5.41 Å².